The Hall–Kier alpha value is -3.31. The van der Waals surface area contributed by atoms with Gasteiger partial charge in [-0.2, -0.15) is 0 Å². The van der Waals surface area contributed by atoms with Crippen LogP contribution in [0.25, 0.3) is 0 Å². The third kappa shape index (κ3) is 9.90. The van der Waals surface area contributed by atoms with Gasteiger partial charge in [0.2, 0.25) is 0 Å². The molecule has 0 heterocycles. The van der Waals surface area contributed by atoms with E-state index in [4.69, 9.17) is 37.9 Å². The number of aldehydes is 1. The summed E-state index contributed by atoms with van der Waals surface area (Å²) in [5.41, 5.74) is 1.61. The van der Waals surface area contributed by atoms with E-state index in [1.54, 1.807) is 21.3 Å². The molecule has 0 bridgehead atoms. The van der Waals surface area contributed by atoms with Crippen LogP contribution in [-0.2, 0) is 38.8 Å². The van der Waals surface area contributed by atoms with E-state index in [1.165, 1.54) is 0 Å². The van der Waals surface area contributed by atoms with Crippen molar-refractivity contribution in [1.82, 2.24) is 0 Å². The minimum Gasteiger partial charge on any atom is -0.497 e. The first-order chi connectivity index (χ1) is 20.7. The molecule has 0 amide bonds. The summed E-state index contributed by atoms with van der Waals surface area (Å²) in [5.74, 6) is 1.45. The zero-order valence-electron chi connectivity index (χ0n) is 24.7. The summed E-state index contributed by atoms with van der Waals surface area (Å²) in [5, 5.41) is 0. The third-order valence-electron chi connectivity index (χ3n) is 6.52. The molecule has 0 aromatic heterocycles. The number of rotatable bonds is 22. The normalized spacial score (nSPS) is 12.2. The van der Waals surface area contributed by atoms with Crippen molar-refractivity contribution in [3.8, 4) is 11.5 Å². The largest absolute Gasteiger partial charge is 0.497 e. The van der Waals surface area contributed by atoms with Gasteiger partial charge in [0.1, 0.15) is 23.2 Å². The average molecular weight is 583 g/mol. The molecule has 3 rings (SSSR count). The minimum atomic E-state index is -1.04. The molecule has 0 saturated heterocycles. The van der Waals surface area contributed by atoms with Crippen LogP contribution in [0.15, 0.2) is 78.9 Å². The Kier molecular flexibility index (Phi) is 15.0. The van der Waals surface area contributed by atoms with E-state index in [0.29, 0.717) is 46.2 Å². The van der Waals surface area contributed by atoms with Crippen molar-refractivity contribution in [2.45, 2.75) is 11.7 Å². The highest BCUT2D eigenvalue weighted by molar-refractivity contribution is 5.56. The van der Waals surface area contributed by atoms with Crippen molar-refractivity contribution < 1.29 is 42.7 Å². The molecule has 9 nitrogen and oxygen atoms in total. The molecule has 0 saturated carbocycles. The summed E-state index contributed by atoms with van der Waals surface area (Å²) in [7, 11) is 4.89. The first kappa shape index (κ1) is 33.2. The monoisotopic (exact) mass is 582 g/mol. The van der Waals surface area contributed by atoms with Gasteiger partial charge in [0.25, 0.3) is 0 Å². The predicted molar refractivity (Wildman–Crippen MR) is 158 cm³/mol. The molecular weight excluding hydrogens is 540 g/mol. The van der Waals surface area contributed by atoms with Crippen molar-refractivity contribution in [2.24, 2.45) is 0 Å². The van der Waals surface area contributed by atoms with Crippen LogP contribution in [0, 0.1) is 0 Å². The first-order valence-corrected chi connectivity index (χ1v) is 14.0. The van der Waals surface area contributed by atoms with Crippen molar-refractivity contribution in [2.75, 3.05) is 80.8 Å². The summed E-state index contributed by atoms with van der Waals surface area (Å²) in [6.45, 7) is 3.52. The quantitative estimate of drug-likeness (QED) is 0.0978. The lowest BCUT2D eigenvalue weighted by molar-refractivity contribution is -0.128. The van der Waals surface area contributed by atoms with Crippen LogP contribution in [0.2, 0.25) is 0 Å². The van der Waals surface area contributed by atoms with E-state index in [-0.39, 0.29) is 13.2 Å². The Bertz CT molecular complexity index is 1070. The maximum atomic E-state index is 12.0. The lowest BCUT2D eigenvalue weighted by Gasteiger charge is -2.36. The minimum absolute atomic E-state index is 0.0165. The van der Waals surface area contributed by atoms with Gasteiger partial charge in [-0.05, 0) is 41.0 Å². The zero-order chi connectivity index (χ0) is 29.9. The van der Waals surface area contributed by atoms with Crippen LogP contribution in [-0.4, -0.2) is 93.2 Å². The Balaban J connectivity index is 1.65. The average Bonchev–Trinajstić information content (AvgIpc) is 3.05. The van der Waals surface area contributed by atoms with Gasteiger partial charge < -0.3 is 42.7 Å². The molecule has 42 heavy (non-hydrogen) atoms. The Morgan fingerprint density at radius 3 is 1.50 bits per heavy atom. The van der Waals surface area contributed by atoms with Crippen LogP contribution < -0.4 is 9.47 Å². The molecule has 0 unspecified atom stereocenters. The van der Waals surface area contributed by atoms with Gasteiger partial charge in [0, 0.05) is 7.11 Å². The maximum absolute atomic E-state index is 12.0. The second-order valence-electron chi connectivity index (χ2n) is 9.19. The van der Waals surface area contributed by atoms with E-state index < -0.39 is 11.7 Å². The van der Waals surface area contributed by atoms with Gasteiger partial charge in [-0.3, -0.25) is 0 Å². The van der Waals surface area contributed by atoms with E-state index >= 15 is 0 Å². The SMILES string of the molecule is COCCOCCOCCOCCO[C@@H](C=O)COC(c1ccccc1)(c1ccc(OC)cc1)c1ccc(OC)cc1. The summed E-state index contributed by atoms with van der Waals surface area (Å²) in [4.78, 5) is 12.0. The van der Waals surface area contributed by atoms with E-state index in [0.717, 1.165) is 34.5 Å². The topological polar surface area (TPSA) is 90.9 Å². The fourth-order valence-electron chi connectivity index (χ4n) is 4.35. The molecule has 0 radical (unpaired) electrons. The van der Waals surface area contributed by atoms with E-state index in [1.807, 2.05) is 78.9 Å². The molecule has 0 aliphatic heterocycles. The number of ether oxygens (including phenoxy) is 8. The highest BCUT2D eigenvalue weighted by Crippen LogP contribution is 2.41. The zero-order valence-corrected chi connectivity index (χ0v) is 24.7. The highest BCUT2D eigenvalue weighted by Gasteiger charge is 2.38. The van der Waals surface area contributed by atoms with Crippen LogP contribution in [0.5, 0.6) is 11.5 Å². The number of hydrogen-bond acceptors (Lipinski definition) is 9. The van der Waals surface area contributed by atoms with Crippen LogP contribution >= 0.6 is 0 Å². The van der Waals surface area contributed by atoms with Crippen molar-refractivity contribution in [3.63, 3.8) is 0 Å². The standard InChI is InChI=1S/C33H42O9/c1-35-17-18-38-19-20-39-21-22-40-23-24-41-32(25-34)26-42-33(27-7-5-4-6-8-27,28-9-13-30(36-2)14-10-28)29-11-15-31(37-3)16-12-29/h4-16,25,32H,17-24,26H2,1-3H3/t32-/m0/s1. The second-order valence-corrected chi connectivity index (χ2v) is 9.19. The fraction of sp³-hybridized carbons (Fsp3) is 0.424. The molecular formula is C33H42O9. The Morgan fingerprint density at radius 2 is 1.05 bits per heavy atom. The lowest BCUT2D eigenvalue weighted by atomic mass is 9.80. The molecule has 0 N–H and O–H groups in total. The predicted octanol–water partition coefficient (Wildman–Crippen LogP) is 4.29. The Morgan fingerprint density at radius 1 is 0.595 bits per heavy atom. The van der Waals surface area contributed by atoms with Crippen LogP contribution in [0.3, 0.4) is 0 Å². The second kappa shape index (κ2) is 19.0. The molecule has 3 aromatic carbocycles. The molecule has 0 spiro atoms. The van der Waals surface area contributed by atoms with Gasteiger partial charge in [0.15, 0.2) is 6.29 Å². The summed E-state index contributed by atoms with van der Waals surface area (Å²) in [6, 6.07) is 25.3. The van der Waals surface area contributed by atoms with Gasteiger partial charge in [-0.1, -0.05) is 54.6 Å². The summed E-state index contributed by atoms with van der Waals surface area (Å²) < 4.78 is 44.7. The molecule has 9 heteroatoms. The molecule has 1 atom stereocenters. The Labute approximate surface area is 248 Å². The molecule has 0 aliphatic rings. The van der Waals surface area contributed by atoms with Gasteiger partial charge in [-0.25, -0.2) is 0 Å². The van der Waals surface area contributed by atoms with Crippen molar-refractivity contribution in [3.05, 3.63) is 95.6 Å². The third-order valence-corrected chi connectivity index (χ3v) is 6.52. The molecule has 3 aromatic rings. The van der Waals surface area contributed by atoms with E-state index in [2.05, 4.69) is 0 Å². The van der Waals surface area contributed by atoms with Crippen molar-refractivity contribution >= 4 is 6.29 Å². The molecule has 228 valence electrons. The van der Waals surface area contributed by atoms with Gasteiger partial charge >= 0.3 is 0 Å². The summed E-state index contributed by atoms with van der Waals surface area (Å²) >= 11 is 0. The van der Waals surface area contributed by atoms with E-state index in [9.17, 15) is 4.79 Å². The smallest absolute Gasteiger partial charge is 0.151 e. The van der Waals surface area contributed by atoms with Crippen molar-refractivity contribution in [1.29, 1.82) is 0 Å². The number of benzene rings is 3. The number of methoxy groups -OCH3 is 3. The lowest BCUT2D eigenvalue weighted by Crippen LogP contribution is -2.37. The van der Waals surface area contributed by atoms with Crippen LogP contribution in [0.1, 0.15) is 16.7 Å². The molecule has 0 aliphatic carbocycles. The van der Waals surface area contributed by atoms with Gasteiger partial charge in [-0.15, -0.1) is 0 Å². The highest BCUT2D eigenvalue weighted by atomic mass is 16.6. The fourth-order valence-corrected chi connectivity index (χ4v) is 4.35. The number of hydrogen-bond donors (Lipinski definition) is 0. The van der Waals surface area contributed by atoms with Crippen LogP contribution in [0.4, 0.5) is 0 Å². The maximum Gasteiger partial charge on any atom is 0.151 e. The van der Waals surface area contributed by atoms with Gasteiger partial charge in [0.05, 0.1) is 73.7 Å². The number of carbonyl (C=O) groups is 1. The first-order valence-electron chi connectivity index (χ1n) is 14.0. The summed E-state index contributed by atoms with van der Waals surface area (Å²) in [6.07, 6.45) is -0.0431. The molecule has 0 fully saturated rings. The number of carbonyl (C=O) groups excluding carboxylic acids is 1.